The van der Waals surface area contributed by atoms with Crippen LogP contribution < -0.4 is 5.32 Å². The number of hydrogen-bond donors (Lipinski definition) is 2. The molecule has 7 nitrogen and oxygen atoms in total. The molecule has 0 aliphatic carbocycles. The number of benzene rings is 1. The average molecular weight is 364 g/mol. The number of H-pyrrole nitrogens is 1. The molecule has 130 valence electrons. The van der Waals surface area contributed by atoms with Gasteiger partial charge >= 0.3 is 0 Å². The first-order valence-electron chi connectivity index (χ1n) is 8.13. The zero-order valence-electron chi connectivity index (χ0n) is 13.8. The van der Waals surface area contributed by atoms with E-state index >= 15 is 0 Å². The van der Waals surface area contributed by atoms with Crippen LogP contribution >= 0.6 is 11.3 Å². The molecule has 0 atom stereocenters. The highest BCUT2D eigenvalue weighted by atomic mass is 32.1. The first kappa shape index (κ1) is 16.2. The smallest absolute Gasteiger partial charge is 0.269 e. The predicted octanol–water partition coefficient (Wildman–Crippen LogP) is 2.69. The lowest BCUT2D eigenvalue weighted by atomic mass is 10.1. The second-order valence-electron chi connectivity index (χ2n) is 5.61. The van der Waals surface area contributed by atoms with Crippen molar-refractivity contribution in [2.24, 2.45) is 0 Å². The summed E-state index contributed by atoms with van der Waals surface area (Å²) < 4.78 is 1.72. The fourth-order valence-electron chi connectivity index (χ4n) is 2.49. The van der Waals surface area contributed by atoms with E-state index in [0.717, 1.165) is 22.1 Å². The van der Waals surface area contributed by atoms with E-state index in [9.17, 15) is 4.79 Å². The molecule has 4 rings (SSSR count). The van der Waals surface area contributed by atoms with Crippen LogP contribution in [0.2, 0.25) is 0 Å². The Labute approximate surface area is 153 Å². The number of carbonyl (C=O) groups excluding carboxylic acids is 1. The maximum absolute atomic E-state index is 12.3. The molecule has 0 aliphatic heterocycles. The van der Waals surface area contributed by atoms with Crippen molar-refractivity contribution in [3.8, 4) is 16.4 Å². The fraction of sp³-hybridized carbons (Fsp3) is 0.111. The number of carbonyl (C=O) groups is 1. The number of aromatic amines is 1. The molecule has 2 N–H and O–H groups in total. The SMILES string of the molecule is O=C(NCCc1csc(-n2cccn2)n1)c1cc(-c2ccccc2)n[nH]1. The summed E-state index contributed by atoms with van der Waals surface area (Å²) in [6.07, 6.45) is 4.23. The van der Waals surface area contributed by atoms with Gasteiger partial charge in [0, 0.05) is 36.3 Å². The second kappa shape index (κ2) is 7.32. The number of amides is 1. The zero-order valence-corrected chi connectivity index (χ0v) is 14.6. The first-order valence-corrected chi connectivity index (χ1v) is 9.01. The van der Waals surface area contributed by atoms with Crippen LogP contribution in [0.1, 0.15) is 16.2 Å². The van der Waals surface area contributed by atoms with E-state index < -0.39 is 0 Å². The van der Waals surface area contributed by atoms with Crippen molar-refractivity contribution in [1.29, 1.82) is 0 Å². The minimum atomic E-state index is -0.179. The summed E-state index contributed by atoms with van der Waals surface area (Å²) in [7, 11) is 0. The van der Waals surface area contributed by atoms with E-state index in [1.807, 2.05) is 48.0 Å². The van der Waals surface area contributed by atoms with E-state index in [0.29, 0.717) is 18.7 Å². The Hall–Kier alpha value is -3.26. The number of aromatic nitrogens is 5. The molecule has 3 aromatic heterocycles. The van der Waals surface area contributed by atoms with Gasteiger partial charge in [0.25, 0.3) is 5.91 Å². The van der Waals surface area contributed by atoms with Crippen LogP contribution in [0.25, 0.3) is 16.4 Å². The summed E-state index contributed by atoms with van der Waals surface area (Å²) in [5, 5.41) is 16.8. The Morgan fingerprint density at radius 1 is 1.23 bits per heavy atom. The van der Waals surface area contributed by atoms with Crippen molar-refractivity contribution in [1.82, 2.24) is 30.3 Å². The summed E-state index contributed by atoms with van der Waals surface area (Å²) in [5.74, 6) is -0.179. The number of nitrogens with zero attached hydrogens (tertiary/aromatic N) is 4. The molecule has 8 heteroatoms. The molecule has 4 aromatic rings. The van der Waals surface area contributed by atoms with Gasteiger partial charge in [-0.2, -0.15) is 10.2 Å². The third kappa shape index (κ3) is 3.55. The normalized spacial score (nSPS) is 10.8. The minimum Gasteiger partial charge on any atom is -0.350 e. The number of rotatable bonds is 6. The zero-order chi connectivity index (χ0) is 17.8. The molecule has 0 bridgehead atoms. The maximum atomic E-state index is 12.3. The summed E-state index contributed by atoms with van der Waals surface area (Å²) in [6, 6.07) is 13.3. The standard InChI is InChI=1S/C18H16N6OS/c25-17(16-11-15(22-23-16)13-5-2-1-3-6-13)19-9-7-14-12-26-18(21-14)24-10-4-8-20-24/h1-6,8,10-12H,7,9H2,(H,19,25)(H,22,23). The quantitative estimate of drug-likeness (QED) is 0.550. The van der Waals surface area contributed by atoms with Gasteiger partial charge in [0.2, 0.25) is 5.13 Å². The van der Waals surface area contributed by atoms with Gasteiger partial charge in [-0.1, -0.05) is 30.3 Å². The van der Waals surface area contributed by atoms with E-state index in [2.05, 4.69) is 25.6 Å². The summed E-state index contributed by atoms with van der Waals surface area (Å²) in [4.78, 5) is 16.8. The van der Waals surface area contributed by atoms with Crippen LogP contribution in [-0.2, 0) is 6.42 Å². The van der Waals surface area contributed by atoms with Crippen LogP contribution in [0.5, 0.6) is 0 Å². The molecule has 1 amide bonds. The Morgan fingerprint density at radius 3 is 2.92 bits per heavy atom. The number of hydrogen-bond acceptors (Lipinski definition) is 5. The Morgan fingerprint density at radius 2 is 2.12 bits per heavy atom. The lowest BCUT2D eigenvalue weighted by Gasteiger charge is -2.01. The molecule has 3 heterocycles. The summed E-state index contributed by atoms with van der Waals surface area (Å²) in [6.45, 7) is 0.501. The van der Waals surface area contributed by atoms with Crippen molar-refractivity contribution < 1.29 is 4.79 Å². The van der Waals surface area contributed by atoms with Crippen molar-refractivity contribution in [2.75, 3.05) is 6.54 Å². The highest BCUT2D eigenvalue weighted by molar-refractivity contribution is 7.12. The second-order valence-corrected chi connectivity index (χ2v) is 6.45. The highest BCUT2D eigenvalue weighted by Crippen LogP contribution is 2.17. The van der Waals surface area contributed by atoms with Gasteiger partial charge in [0.05, 0.1) is 11.4 Å². The molecule has 0 aliphatic rings. The lowest BCUT2D eigenvalue weighted by molar-refractivity contribution is 0.0949. The van der Waals surface area contributed by atoms with Gasteiger partial charge < -0.3 is 5.32 Å². The van der Waals surface area contributed by atoms with Gasteiger partial charge in [-0.3, -0.25) is 9.89 Å². The fourth-order valence-corrected chi connectivity index (χ4v) is 3.29. The third-order valence-electron chi connectivity index (χ3n) is 3.80. The monoisotopic (exact) mass is 364 g/mol. The number of nitrogens with one attached hydrogen (secondary N) is 2. The molecular formula is C18H16N6OS. The van der Waals surface area contributed by atoms with Crippen LogP contribution in [-0.4, -0.2) is 37.4 Å². The van der Waals surface area contributed by atoms with Crippen molar-refractivity contribution in [2.45, 2.75) is 6.42 Å². The van der Waals surface area contributed by atoms with Gasteiger partial charge in [0.1, 0.15) is 5.69 Å². The molecule has 0 radical (unpaired) electrons. The van der Waals surface area contributed by atoms with Gasteiger partial charge in [0.15, 0.2) is 0 Å². The van der Waals surface area contributed by atoms with E-state index in [4.69, 9.17) is 0 Å². The van der Waals surface area contributed by atoms with Crippen LogP contribution in [0.4, 0.5) is 0 Å². The molecule has 0 fully saturated rings. The molecule has 26 heavy (non-hydrogen) atoms. The molecule has 0 spiro atoms. The third-order valence-corrected chi connectivity index (χ3v) is 4.68. The molecular weight excluding hydrogens is 348 g/mol. The van der Waals surface area contributed by atoms with Gasteiger partial charge in [-0.05, 0) is 12.1 Å². The highest BCUT2D eigenvalue weighted by Gasteiger charge is 2.11. The van der Waals surface area contributed by atoms with E-state index in [1.165, 1.54) is 11.3 Å². The maximum Gasteiger partial charge on any atom is 0.269 e. The van der Waals surface area contributed by atoms with Gasteiger partial charge in [-0.15, -0.1) is 11.3 Å². The molecule has 0 saturated heterocycles. The average Bonchev–Trinajstić information content (AvgIpc) is 3.42. The topological polar surface area (TPSA) is 88.5 Å². The molecule has 0 unspecified atom stereocenters. The van der Waals surface area contributed by atoms with Crippen molar-refractivity contribution in [3.63, 3.8) is 0 Å². The summed E-state index contributed by atoms with van der Waals surface area (Å²) >= 11 is 1.52. The van der Waals surface area contributed by atoms with Crippen molar-refractivity contribution in [3.05, 3.63) is 71.6 Å². The number of thiazole rings is 1. The van der Waals surface area contributed by atoms with Crippen molar-refractivity contribution >= 4 is 17.2 Å². The van der Waals surface area contributed by atoms with Crippen LogP contribution in [0, 0.1) is 0 Å². The van der Waals surface area contributed by atoms with E-state index in [-0.39, 0.29) is 5.91 Å². The molecule has 0 saturated carbocycles. The van der Waals surface area contributed by atoms with Crippen LogP contribution in [0.3, 0.4) is 0 Å². The minimum absolute atomic E-state index is 0.179. The Balaban J connectivity index is 1.33. The van der Waals surface area contributed by atoms with Crippen LogP contribution in [0.15, 0.2) is 60.2 Å². The molecule has 1 aromatic carbocycles. The van der Waals surface area contributed by atoms with E-state index in [1.54, 1.807) is 16.9 Å². The largest absolute Gasteiger partial charge is 0.350 e. The summed E-state index contributed by atoms with van der Waals surface area (Å²) in [5.41, 5.74) is 3.09. The van der Waals surface area contributed by atoms with Gasteiger partial charge in [-0.25, -0.2) is 9.67 Å². The lowest BCUT2D eigenvalue weighted by Crippen LogP contribution is -2.26. The Kier molecular flexibility index (Phi) is 4.57. The Bertz CT molecular complexity index is 990. The first-order chi connectivity index (χ1) is 12.8. The predicted molar refractivity (Wildman–Crippen MR) is 99.3 cm³/mol.